The molecular weight excluding hydrogens is 446 g/mol. The molecule has 1 fully saturated rings. The van der Waals surface area contributed by atoms with E-state index in [0.717, 1.165) is 4.57 Å². The SMILES string of the molecule is B[PH]1(O)OC[C@H](OC(=O)NCCCCCC(=O)O)[C@H](n2ccc(N)nc2=O)O[C@@H](C)CO1. The molecule has 1 aliphatic heterocycles. The van der Waals surface area contributed by atoms with Crippen LogP contribution in [0.2, 0.25) is 0 Å². The molecule has 1 aromatic heterocycles. The van der Waals surface area contributed by atoms with Gasteiger partial charge in [-0.05, 0) is 0 Å². The van der Waals surface area contributed by atoms with E-state index in [-0.39, 0.29) is 32.0 Å². The molecule has 0 aliphatic carbocycles. The first-order valence-corrected chi connectivity index (χ1v) is 12.5. The third-order valence-electron chi connectivity index (χ3n) is 4.51. The number of amides is 1. The van der Waals surface area contributed by atoms with Crippen molar-refractivity contribution in [2.75, 3.05) is 25.5 Å². The molecule has 1 aromatic rings. The summed E-state index contributed by atoms with van der Waals surface area (Å²) in [5.41, 5.74) is 4.85. The first-order chi connectivity index (χ1) is 15.1. The second-order valence-electron chi connectivity index (χ2n) is 7.47. The van der Waals surface area contributed by atoms with E-state index in [1.165, 1.54) is 19.8 Å². The van der Waals surface area contributed by atoms with E-state index in [1.807, 2.05) is 0 Å². The molecule has 0 bridgehead atoms. The topological polar surface area (TPSA) is 184 Å². The number of carboxylic acids is 1. The third-order valence-corrected chi connectivity index (χ3v) is 5.92. The first kappa shape index (κ1) is 26.0. The van der Waals surface area contributed by atoms with Crippen LogP contribution in [0.4, 0.5) is 10.6 Å². The number of carboxylic acid groups (broad SMARTS) is 1. The van der Waals surface area contributed by atoms with Crippen molar-refractivity contribution in [2.45, 2.75) is 51.0 Å². The van der Waals surface area contributed by atoms with E-state index in [4.69, 9.17) is 29.4 Å². The maximum atomic E-state index is 12.4. The average molecular weight is 476 g/mol. The van der Waals surface area contributed by atoms with Crippen LogP contribution < -0.4 is 16.7 Å². The van der Waals surface area contributed by atoms with Gasteiger partial charge in [0, 0.05) is 0 Å². The summed E-state index contributed by atoms with van der Waals surface area (Å²) < 4.78 is 23.4. The van der Waals surface area contributed by atoms with Crippen molar-refractivity contribution >= 4 is 33.3 Å². The summed E-state index contributed by atoms with van der Waals surface area (Å²) in [5.74, 6) is -0.843. The molecule has 0 aromatic carbocycles. The Morgan fingerprint density at radius 2 is 2.09 bits per heavy atom. The van der Waals surface area contributed by atoms with Crippen molar-refractivity contribution in [3.63, 3.8) is 0 Å². The molecule has 5 N–H and O–H groups in total. The number of alkyl carbamates (subject to hydrolysis) is 1. The number of nitrogens with one attached hydrogen (secondary N) is 1. The summed E-state index contributed by atoms with van der Waals surface area (Å²) in [4.78, 5) is 49.3. The molecule has 13 nitrogen and oxygen atoms in total. The van der Waals surface area contributed by atoms with Gasteiger partial charge in [-0.15, -0.1) is 0 Å². The number of hydrogen-bond donors (Lipinski definition) is 4. The van der Waals surface area contributed by atoms with E-state index < -0.39 is 44.0 Å². The van der Waals surface area contributed by atoms with E-state index >= 15 is 0 Å². The van der Waals surface area contributed by atoms with Gasteiger partial charge >= 0.3 is 176 Å². The van der Waals surface area contributed by atoms with Crippen molar-refractivity contribution in [3.05, 3.63) is 22.7 Å². The predicted octanol–water partition coefficient (Wildman–Crippen LogP) is -0.449. The molecule has 1 amide bonds. The minimum absolute atomic E-state index is 0.00212. The zero-order valence-corrected chi connectivity index (χ0v) is 19.1. The fourth-order valence-electron chi connectivity index (χ4n) is 2.90. The number of carbonyl (C=O) groups is 2. The molecule has 32 heavy (non-hydrogen) atoms. The number of nitrogens with zero attached hydrogens (tertiary/aromatic N) is 2. The number of rotatable bonds is 8. The van der Waals surface area contributed by atoms with Crippen LogP contribution in [0.3, 0.4) is 0 Å². The zero-order chi connectivity index (χ0) is 23.7. The molecule has 3 atom stereocenters. The Hall–Kier alpha value is -2.25. The van der Waals surface area contributed by atoms with Crippen LogP contribution in [0, 0.1) is 0 Å². The Kier molecular flexibility index (Phi) is 9.85. The molecule has 0 radical (unpaired) electrons. The molecular formula is C17H30BN4O9P. The molecule has 0 unspecified atom stereocenters. The summed E-state index contributed by atoms with van der Waals surface area (Å²) in [5, 5.41) is 11.2. The average Bonchev–Trinajstić information content (AvgIpc) is 2.75. The van der Waals surface area contributed by atoms with Gasteiger partial charge < -0.3 is 5.11 Å². The number of nitrogen functional groups attached to an aromatic ring is 1. The standard InChI is InChI=1S/C17H30BN4O9P/c1-11-9-28-32(18,27)29-10-12(15(30-11)22-8-6-13(19)21-16(22)25)31-17(26)20-7-4-2-3-5-14(23)24/h6,8,11-12,15,27,32H,2-5,7,9-10,18H2,1H3,(H,20,26)(H,23,24)(H2,19,21,25)/t11-,12-,15+/m0/s1. The predicted molar refractivity (Wildman–Crippen MR) is 118 cm³/mol. The normalized spacial score (nSPS) is 24.4. The number of carbonyl (C=O) groups excluding carboxylic acids is 1. The van der Waals surface area contributed by atoms with Gasteiger partial charge in [0.25, 0.3) is 0 Å². The Labute approximate surface area is 186 Å². The maximum absolute atomic E-state index is 12.4. The number of ether oxygens (including phenoxy) is 2. The van der Waals surface area contributed by atoms with Gasteiger partial charge in [0.2, 0.25) is 0 Å². The first-order valence-electron chi connectivity index (χ1n) is 10.2. The van der Waals surface area contributed by atoms with Crippen LogP contribution >= 0.6 is 7.82 Å². The van der Waals surface area contributed by atoms with Gasteiger partial charge in [-0.3, -0.25) is 4.79 Å². The Morgan fingerprint density at radius 1 is 1.38 bits per heavy atom. The molecule has 2 rings (SSSR count). The van der Waals surface area contributed by atoms with Crippen molar-refractivity contribution in [2.24, 2.45) is 0 Å². The summed E-state index contributed by atoms with van der Waals surface area (Å²) in [6.45, 7) is 1.65. The molecule has 0 spiro atoms. The van der Waals surface area contributed by atoms with E-state index in [2.05, 4.69) is 10.3 Å². The minimum atomic E-state index is -3.51. The number of hydrogen-bond acceptors (Lipinski definition) is 10. The van der Waals surface area contributed by atoms with Crippen LogP contribution in [0.15, 0.2) is 17.1 Å². The van der Waals surface area contributed by atoms with Crippen LogP contribution in [-0.4, -0.2) is 71.1 Å². The van der Waals surface area contributed by atoms with Gasteiger partial charge in [0.05, 0.1) is 0 Å². The van der Waals surface area contributed by atoms with E-state index in [9.17, 15) is 19.3 Å². The van der Waals surface area contributed by atoms with Gasteiger partial charge in [-0.1, -0.05) is 0 Å². The van der Waals surface area contributed by atoms with Crippen molar-refractivity contribution < 1.29 is 38.1 Å². The number of unbranched alkanes of at least 4 members (excludes halogenated alkanes) is 2. The van der Waals surface area contributed by atoms with Crippen molar-refractivity contribution in [3.8, 4) is 0 Å². The van der Waals surface area contributed by atoms with Gasteiger partial charge in [0.1, 0.15) is 0 Å². The molecule has 1 aliphatic rings. The third kappa shape index (κ3) is 8.71. The Morgan fingerprint density at radius 3 is 2.78 bits per heavy atom. The van der Waals surface area contributed by atoms with Crippen LogP contribution in [0.1, 0.15) is 38.8 Å². The second kappa shape index (κ2) is 12.1. The van der Waals surface area contributed by atoms with E-state index in [0.29, 0.717) is 19.3 Å². The quantitative estimate of drug-likeness (QED) is 0.216. The van der Waals surface area contributed by atoms with Crippen LogP contribution in [-0.2, 0) is 23.3 Å². The fourth-order valence-corrected chi connectivity index (χ4v) is 4.00. The van der Waals surface area contributed by atoms with Gasteiger partial charge in [-0.2, -0.15) is 0 Å². The summed E-state index contributed by atoms with van der Waals surface area (Å²) in [6, 6.07) is 1.40. The summed E-state index contributed by atoms with van der Waals surface area (Å²) in [6.07, 6.45) is -0.456. The van der Waals surface area contributed by atoms with Gasteiger partial charge in [-0.25, -0.2) is 0 Å². The fraction of sp³-hybridized carbons (Fsp3) is 0.647. The van der Waals surface area contributed by atoms with E-state index in [1.54, 1.807) is 6.92 Å². The second-order valence-corrected chi connectivity index (χ2v) is 9.85. The van der Waals surface area contributed by atoms with Crippen molar-refractivity contribution in [1.29, 1.82) is 0 Å². The van der Waals surface area contributed by atoms with Crippen LogP contribution in [0.5, 0.6) is 0 Å². The summed E-state index contributed by atoms with van der Waals surface area (Å²) >= 11 is 0. The molecule has 2 heterocycles. The number of aliphatic carboxylic acids is 1. The van der Waals surface area contributed by atoms with Crippen molar-refractivity contribution in [1.82, 2.24) is 14.9 Å². The number of anilines is 1. The number of aromatic nitrogens is 2. The number of nitrogens with two attached hydrogens (primary N) is 1. The van der Waals surface area contributed by atoms with Gasteiger partial charge in [0.15, 0.2) is 0 Å². The molecule has 180 valence electrons. The monoisotopic (exact) mass is 476 g/mol. The molecule has 0 saturated carbocycles. The Bertz CT molecular complexity index is 840. The van der Waals surface area contributed by atoms with Crippen LogP contribution in [0.25, 0.3) is 0 Å². The molecule has 1 saturated heterocycles. The molecule has 15 heteroatoms. The Balaban J connectivity index is 2.10. The zero-order valence-electron chi connectivity index (χ0n) is 18.1. The summed E-state index contributed by atoms with van der Waals surface area (Å²) in [7, 11) is -2.08.